The van der Waals surface area contributed by atoms with Gasteiger partial charge in [0, 0.05) is 1.43 Å². The van der Waals surface area contributed by atoms with E-state index in [2.05, 4.69) is 280 Å². The van der Waals surface area contributed by atoms with Crippen LogP contribution in [0.4, 0.5) is 0 Å². The van der Waals surface area contributed by atoms with Gasteiger partial charge in [-0.25, -0.2) is 0 Å². The average molecular weight is 953 g/mol. The molecule has 0 aliphatic heterocycles. The first kappa shape index (κ1) is 48.6. The summed E-state index contributed by atoms with van der Waals surface area (Å²) in [5.74, 6) is 0. The van der Waals surface area contributed by atoms with Crippen LogP contribution in [0.1, 0.15) is 1.43 Å². The fourth-order valence-electron chi connectivity index (χ4n) is 6.54. The molecule has 0 saturated carbocycles. The quantitative estimate of drug-likeness (QED) is 0.0618. The molecule has 0 N–H and O–H groups in total. The van der Waals surface area contributed by atoms with E-state index in [-0.39, 0.29) is 33.3 Å². The van der Waals surface area contributed by atoms with E-state index in [0.29, 0.717) is 0 Å². The van der Waals surface area contributed by atoms with Crippen molar-refractivity contribution in [3.63, 3.8) is 0 Å². The van der Waals surface area contributed by atoms with Crippen molar-refractivity contribution in [3.8, 4) is 0 Å². The van der Waals surface area contributed by atoms with Gasteiger partial charge in [-0.1, -0.05) is 273 Å². The molecule has 0 fully saturated rings. The minimum absolute atomic E-state index is 0. The second-order valence-electron chi connectivity index (χ2n) is 13.0. The van der Waals surface area contributed by atoms with Crippen LogP contribution in [0.15, 0.2) is 273 Å². The zero-order valence-electron chi connectivity index (χ0n) is 33.5. The maximum absolute atomic E-state index is 7.50. The molecule has 303 valence electrons. The molecular weight excluding hydrogens is 906 g/mol. The Kier molecular flexibility index (Phi) is 22.1. The summed E-state index contributed by atoms with van der Waals surface area (Å²) >= 11 is 0. The molecular formula is C55H47ClOP3Ru. The maximum Gasteiger partial charge on any atom is 1.00 e. The zero-order valence-corrected chi connectivity index (χ0v) is 38.6. The van der Waals surface area contributed by atoms with E-state index < -0.39 is 23.8 Å². The van der Waals surface area contributed by atoms with E-state index in [9.17, 15) is 0 Å². The molecule has 9 aromatic rings. The van der Waals surface area contributed by atoms with Crippen LogP contribution in [0.3, 0.4) is 0 Å². The van der Waals surface area contributed by atoms with Crippen LogP contribution < -0.4 is 60.1 Å². The Morgan fingerprint density at radius 2 is 0.295 bits per heavy atom. The van der Waals surface area contributed by atoms with E-state index in [1.54, 1.807) is 0 Å². The molecule has 1 radical (unpaired) electrons. The molecule has 0 atom stereocenters. The topological polar surface area (TPSA) is 19.9 Å². The van der Waals surface area contributed by atoms with Crippen molar-refractivity contribution in [2.45, 2.75) is 0 Å². The smallest absolute Gasteiger partial charge is 1.00 e. The fourth-order valence-corrected chi connectivity index (χ4v) is 13.5. The van der Waals surface area contributed by atoms with Crippen molar-refractivity contribution in [2.75, 3.05) is 0 Å². The standard InChI is InChI=1S/3C18H15P.CO.ClH.Ru.H2/c3*1-4-10-16(11-5-1)19(17-12-6-2-7-13-17)18-14-8-3-9-15-18;1-2;;;/h3*1-15H;;1H;;1H/q;;;;;+1;/p-1. The zero-order chi connectivity index (χ0) is 40.7. The molecule has 0 unspecified atom stereocenters. The molecule has 0 spiro atoms. The molecule has 9 aromatic carbocycles. The Balaban J connectivity index is 0.000000237. The molecule has 0 aliphatic carbocycles. The van der Waals surface area contributed by atoms with Crippen molar-refractivity contribution in [1.82, 2.24) is 0 Å². The van der Waals surface area contributed by atoms with Crippen LogP contribution in [0.2, 0.25) is 0 Å². The van der Waals surface area contributed by atoms with Crippen LogP contribution in [0.5, 0.6) is 0 Å². The fraction of sp³-hybridized carbons (Fsp3) is 0. The van der Waals surface area contributed by atoms with Gasteiger partial charge in [-0.15, -0.1) is 0 Å². The molecule has 9 rings (SSSR count). The van der Waals surface area contributed by atoms with Crippen molar-refractivity contribution in [2.24, 2.45) is 0 Å². The molecule has 0 heterocycles. The predicted molar refractivity (Wildman–Crippen MR) is 261 cm³/mol. The van der Waals surface area contributed by atoms with Crippen LogP contribution in [0.25, 0.3) is 0 Å². The first-order valence-electron chi connectivity index (χ1n) is 19.4. The SMILES string of the molecule is [C-]#[O+].[Cl-].[HH].[Ru+].c1ccc(P(c2ccccc2)c2ccccc2)cc1.c1ccc(P(c2ccccc2)c2ccccc2)cc1.c1ccc(P(c2ccccc2)c2ccccc2)cc1. The molecule has 0 aliphatic rings. The number of hydrogen-bond donors (Lipinski definition) is 0. The van der Waals surface area contributed by atoms with Gasteiger partial charge in [-0.05, 0) is 71.5 Å². The summed E-state index contributed by atoms with van der Waals surface area (Å²) in [6.07, 6.45) is 0. The van der Waals surface area contributed by atoms with Crippen molar-refractivity contribution in [3.05, 3.63) is 280 Å². The summed E-state index contributed by atoms with van der Waals surface area (Å²) in [6.45, 7) is 4.50. The first-order chi connectivity index (χ1) is 29.3. The predicted octanol–water partition coefficient (Wildman–Crippen LogP) is 7.54. The van der Waals surface area contributed by atoms with Gasteiger partial charge < -0.3 is 12.4 Å². The molecule has 0 aromatic heterocycles. The van der Waals surface area contributed by atoms with Gasteiger partial charge in [-0.3, -0.25) is 0 Å². The Morgan fingerprint density at radius 3 is 0.377 bits per heavy atom. The monoisotopic (exact) mass is 953 g/mol. The van der Waals surface area contributed by atoms with Crippen LogP contribution in [-0.2, 0) is 24.1 Å². The van der Waals surface area contributed by atoms with Gasteiger partial charge in [-0.2, -0.15) is 0 Å². The second-order valence-corrected chi connectivity index (χ2v) is 19.7. The number of rotatable bonds is 9. The molecule has 6 heteroatoms. The summed E-state index contributed by atoms with van der Waals surface area (Å²) in [6, 6.07) is 97.0. The van der Waals surface area contributed by atoms with Gasteiger partial charge in [0.05, 0.1) is 0 Å². The van der Waals surface area contributed by atoms with Gasteiger partial charge in [0.15, 0.2) is 0 Å². The molecule has 0 amide bonds. The third kappa shape index (κ3) is 14.5. The average Bonchev–Trinajstić information content (AvgIpc) is 3.34. The summed E-state index contributed by atoms with van der Waals surface area (Å²) in [5, 5.41) is 12.6. The number of hydrogen-bond acceptors (Lipinski definition) is 0. The van der Waals surface area contributed by atoms with Crippen LogP contribution in [0, 0.1) is 6.65 Å². The largest absolute Gasteiger partial charge is 1.00 e. The van der Waals surface area contributed by atoms with Crippen LogP contribution >= 0.6 is 23.8 Å². The van der Waals surface area contributed by atoms with Crippen molar-refractivity contribution < 1.29 is 38.0 Å². The molecule has 0 bridgehead atoms. The van der Waals surface area contributed by atoms with Crippen molar-refractivity contribution in [1.29, 1.82) is 0 Å². The van der Waals surface area contributed by atoms with Crippen molar-refractivity contribution >= 4 is 71.5 Å². The van der Waals surface area contributed by atoms with E-state index in [4.69, 9.17) is 4.65 Å². The summed E-state index contributed by atoms with van der Waals surface area (Å²) < 4.78 is 7.50. The molecule has 61 heavy (non-hydrogen) atoms. The Hall–Kier alpha value is -5.08. The molecule has 1 nitrogen and oxygen atoms in total. The first-order valence-corrected chi connectivity index (χ1v) is 23.4. The number of benzene rings is 9. The van der Waals surface area contributed by atoms with Crippen LogP contribution in [-0.4, -0.2) is 0 Å². The summed E-state index contributed by atoms with van der Waals surface area (Å²) in [5.41, 5.74) is 0. The van der Waals surface area contributed by atoms with E-state index >= 15 is 0 Å². The minimum atomic E-state index is -0.446. The molecule has 0 saturated heterocycles. The van der Waals surface area contributed by atoms with E-state index in [1.807, 2.05) is 0 Å². The van der Waals surface area contributed by atoms with Gasteiger partial charge in [0.1, 0.15) is 0 Å². The van der Waals surface area contributed by atoms with E-state index in [0.717, 1.165) is 0 Å². The minimum Gasteiger partial charge on any atom is -1.00 e. The van der Waals surface area contributed by atoms with E-state index in [1.165, 1.54) is 47.7 Å². The summed E-state index contributed by atoms with van der Waals surface area (Å²) in [7, 11) is -1.34. The van der Waals surface area contributed by atoms with Gasteiger partial charge in [0.25, 0.3) is 0 Å². The summed E-state index contributed by atoms with van der Waals surface area (Å²) in [4.78, 5) is 0. The van der Waals surface area contributed by atoms with Gasteiger partial charge >= 0.3 is 30.8 Å². The Labute approximate surface area is 386 Å². The third-order valence-electron chi connectivity index (χ3n) is 9.13. The third-order valence-corrected chi connectivity index (χ3v) is 16.5. The normalized spacial score (nSPS) is 9.92. The van der Waals surface area contributed by atoms with Gasteiger partial charge in [0.2, 0.25) is 0 Å². The second kappa shape index (κ2) is 27.7. The Bertz CT molecular complexity index is 1930. The Morgan fingerprint density at radius 1 is 0.213 bits per heavy atom. The number of halogens is 1. The maximum atomic E-state index is 7.50.